The first-order valence-electron chi connectivity index (χ1n) is 8.37. The molecule has 20 heavy (non-hydrogen) atoms. The second-order valence-electron chi connectivity index (χ2n) is 6.67. The minimum atomic E-state index is 0.201. The van der Waals surface area contributed by atoms with E-state index in [-0.39, 0.29) is 5.41 Å². The van der Waals surface area contributed by atoms with E-state index in [0.717, 1.165) is 25.3 Å². The molecule has 2 heterocycles. The van der Waals surface area contributed by atoms with Crippen LogP contribution in [0.15, 0.2) is 0 Å². The average Bonchev–Trinajstić information content (AvgIpc) is 2.91. The van der Waals surface area contributed by atoms with Crippen molar-refractivity contribution >= 4 is 0 Å². The SMILES string of the molecule is CCC1(c2nc(C3CCCCC3)nn2C)CCCNC1. The van der Waals surface area contributed by atoms with E-state index in [4.69, 9.17) is 10.1 Å². The summed E-state index contributed by atoms with van der Waals surface area (Å²) < 4.78 is 2.07. The lowest BCUT2D eigenvalue weighted by Crippen LogP contribution is -2.44. The third kappa shape index (κ3) is 2.50. The number of nitrogens with one attached hydrogen (secondary N) is 1. The first kappa shape index (κ1) is 14.1. The summed E-state index contributed by atoms with van der Waals surface area (Å²) in [7, 11) is 2.08. The van der Waals surface area contributed by atoms with Crippen molar-refractivity contribution in [2.45, 2.75) is 69.6 Å². The smallest absolute Gasteiger partial charge is 0.154 e. The van der Waals surface area contributed by atoms with Gasteiger partial charge in [-0.15, -0.1) is 0 Å². The second kappa shape index (κ2) is 5.84. The van der Waals surface area contributed by atoms with E-state index in [9.17, 15) is 0 Å². The second-order valence-corrected chi connectivity index (χ2v) is 6.67. The number of hydrogen-bond donors (Lipinski definition) is 1. The quantitative estimate of drug-likeness (QED) is 0.923. The largest absolute Gasteiger partial charge is 0.316 e. The Hall–Kier alpha value is -0.900. The zero-order chi connectivity index (χ0) is 14.0. The summed E-state index contributed by atoms with van der Waals surface area (Å²) in [5.74, 6) is 2.93. The van der Waals surface area contributed by atoms with Crippen LogP contribution in [0.5, 0.6) is 0 Å². The molecule has 0 spiro atoms. The summed E-state index contributed by atoms with van der Waals surface area (Å²) in [6.45, 7) is 4.50. The lowest BCUT2D eigenvalue weighted by molar-refractivity contribution is 0.279. The first-order valence-corrected chi connectivity index (χ1v) is 8.37. The molecule has 1 aromatic heterocycles. The van der Waals surface area contributed by atoms with Crippen LogP contribution in [-0.4, -0.2) is 27.9 Å². The van der Waals surface area contributed by atoms with Gasteiger partial charge in [0.05, 0.1) is 0 Å². The van der Waals surface area contributed by atoms with Crippen molar-refractivity contribution in [1.82, 2.24) is 20.1 Å². The molecule has 2 aliphatic rings. The molecule has 1 atom stereocenters. The van der Waals surface area contributed by atoms with Crippen LogP contribution < -0.4 is 5.32 Å². The number of hydrogen-bond acceptors (Lipinski definition) is 3. The van der Waals surface area contributed by atoms with Crippen molar-refractivity contribution in [1.29, 1.82) is 0 Å². The topological polar surface area (TPSA) is 42.7 Å². The van der Waals surface area contributed by atoms with Gasteiger partial charge < -0.3 is 5.32 Å². The van der Waals surface area contributed by atoms with Crippen LogP contribution >= 0.6 is 0 Å². The maximum absolute atomic E-state index is 5.01. The highest BCUT2D eigenvalue weighted by Gasteiger charge is 2.37. The molecule has 3 rings (SSSR count). The van der Waals surface area contributed by atoms with Gasteiger partial charge in [-0.2, -0.15) is 5.10 Å². The molecule has 1 N–H and O–H groups in total. The van der Waals surface area contributed by atoms with E-state index < -0.39 is 0 Å². The van der Waals surface area contributed by atoms with Gasteiger partial charge in [-0.3, -0.25) is 4.68 Å². The lowest BCUT2D eigenvalue weighted by Gasteiger charge is -2.35. The summed E-state index contributed by atoms with van der Waals surface area (Å²) in [6, 6.07) is 0. The van der Waals surface area contributed by atoms with Gasteiger partial charge in [0.15, 0.2) is 5.82 Å². The molecule has 1 aliphatic carbocycles. The van der Waals surface area contributed by atoms with Gasteiger partial charge in [-0.1, -0.05) is 26.2 Å². The average molecular weight is 276 g/mol. The van der Waals surface area contributed by atoms with Gasteiger partial charge in [0, 0.05) is 24.9 Å². The van der Waals surface area contributed by atoms with Crippen molar-refractivity contribution in [3.8, 4) is 0 Å². The number of aromatic nitrogens is 3. The molecule has 2 fully saturated rings. The van der Waals surface area contributed by atoms with Crippen LogP contribution in [0.25, 0.3) is 0 Å². The monoisotopic (exact) mass is 276 g/mol. The summed E-state index contributed by atoms with van der Waals surface area (Å²) in [6.07, 6.45) is 10.3. The molecule has 1 aliphatic heterocycles. The first-order chi connectivity index (χ1) is 9.75. The van der Waals surface area contributed by atoms with Crippen LogP contribution in [0.1, 0.15) is 75.9 Å². The number of piperidine rings is 1. The normalized spacial score (nSPS) is 28.7. The molecule has 4 nitrogen and oxygen atoms in total. The minimum Gasteiger partial charge on any atom is -0.316 e. The fraction of sp³-hybridized carbons (Fsp3) is 0.875. The molecule has 0 radical (unpaired) electrons. The summed E-state index contributed by atoms with van der Waals surface area (Å²) >= 11 is 0. The Morgan fingerprint density at radius 3 is 2.70 bits per heavy atom. The Kier molecular flexibility index (Phi) is 4.11. The fourth-order valence-electron chi connectivity index (χ4n) is 4.02. The number of aryl methyl sites for hydroxylation is 1. The highest BCUT2D eigenvalue weighted by Crippen LogP contribution is 2.36. The van der Waals surface area contributed by atoms with Gasteiger partial charge in [0.2, 0.25) is 0 Å². The highest BCUT2D eigenvalue weighted by molar-refractivity contribution is 5.14. The summed E-state index contributed by atoms with van der Waals surface area (Å²) in [5.41, 5.74) is 0.201. The van der Waals surface area contributed by atoms with Crippen LogP contribution in [0.3, 0.4) is 0 Å². The summed E-state index contributed by atoms with van der Waals surface area (Å²) in [5, 5.41) is 8.34. The van der Waals surface area contributed by atoms with Crippen LogP contribution in [0.4, 0.5) is 0 Å². The maximum Gasteiger partial charge on any atom is 0.154 e. The molecule has 0 amide bonds. The van der Waals surface area contributed by atoms with E-state index in [1.54, 1.807) is 0 Å². The summed E-state index contributed by atoms with van der Waals surface area (Å²) in [4.78, 5) is 5.01. The van der Waals surface area contributed by atoms with Gasteiger partial charge >= 0.3 is 0 Å². The van der Waals surface area contributed by atoms with Crippen molar-refractivity contribution < 1.29 is 0 Å². The number of rotatable bonds is 3. The Morgan fingerprint density at radius 2 is 2.05 bits per heavy atom. The van der Waals surface area contributed by atoms with Crippen LogP contribution in [-0.2, 0) is 12.5 Å². The molecular weight excluding hydrogens is 248 g/mol. The Bertz CT molecular complexity index is 439. The van der Waals surface area contributed by atoms with Crippen molar-refractivity contribution in [2.24, 2.45) is 7.05 Å². The van der Waals surface area contributed by atoms with Crippen molar-refractivity contribution in [2.75, 3.05) is 13.1 Å². The predicted octanol–water partition coefficient (Wildman–Crippen LogP) is 2.89. The van der Waals surface area contributed by atoms with Crippen LogP contribution in [0.2, 0.25) is 0 Å². The maximum atomic E-state index is 5.01. The zero-order valence-electron chi connectivity index (χ0n) is 13.0. The molecule has 1 unspecified atom stereocenters. The molecule has 1 aromatic rings. The Balaban J connectivity index is 1.87. The molecule has 1 saturated heterocycles. The fourth-order valence-corrected chi connectivity index (χ4v) is 4.02. The Morgan fingerprint density at radius 1 is 1.25 bits per heavy atom. The third-order valence-corrected chi connectivity index (χ3v) is 5.37. The predicted molar refractivity (Wildman–Crippen MR) is 80.9 cm³/mol. The van der Waals surface area contributed by atoms with Crippen LogP contribution in [0, 0.1) is 0 Å². The molecular formula is C16H28N4. The zero-order valence-corrected chi connectivity index (χ0v) is 13.0. The van der Waals surface area contributed by atoms with E-state index in [1.165, 1.54) is 50.8 Å². The van der Waals surface area contributed by atoms with Gasteiger partial charge in [0.1, 0.15) is 5.82 Å². The highest BCUT2D eigenvalue weighted by atomic mass is 15.3. The third-order valence-electron chi connectivity index (χ3n) is 5.37. The van der Waals surface area contributed by atoms with E-state index in [1.807, 2.05) is 0 Å². The molecule has 4 heteroatoms. The van der Waals surface area contributed by atoms with E-state index in [0.29, 0.717) is 5.92 Å². The van der Waals surface area contributed by atoms with Gasteiger partial charge in [-0.25, -0.2) is 4.98 Å². The molecule has 0 aromatic carbocycles. The van der Waals surface area contributed by atoms with E-state index in [2.05, 4.69) is 24.0 Å². The molecule has 0 bridgehead atoms. The van der Waals surface area contributed by atoms with E-state index >= 15 is 0 Å². The number of nitrogens with zero attached hydrogens (tertiary/aromatic N) is 3. The van der Waals surface area contributed by atoms with Crippen molar-refractivity contribution in [3.63, 3.8) is 0 Å². The van der Waals surface area contributed by atoms with Crippen molar-refractivity contribution in [3.05, 3.63) is 11.6 Å². The van der Waals surface area contributed by atoms with Gasteiger partial charge in [0.25, 0.3) is 0 Å². The standard InChI is InChI=1S/C16H28N4/c1-3-16(10-7-11-17-12-16)15-18-14(19-20(15)2)13-8-5-4-6-9-13/h13,17H,3-12H2,1-2H3. The molecule has 112 valence electrons. The lowest BCUT2D eigenvalue weighted by atomic mass is 9.77. The Labute approximate surface area is 122 Å². The van der Waals surface area contributed by atoms with Gasteiger partial charge in [-0.05, 0) is 38.6 Å². The minimum absolute atomic E-state index is 0.201. The molecule has 1 saturated carbocycles.